The molecule has 0 amide bonds. The summed E-state index contributed by atoms with van der Waals surface area (Å²) in [6, 6.07) is 35.4. The molecule has 4 aromatic rings. The fraction of sp³-hybridized carbons (Fsp3) is 0.0714. The van der Waals surface area contributed by atoms with Crippen LogP contribution in [-0.2, 0) is 0 Å². The molecule has 2 N–H and O–H groups in total. The van der Waals surface area contributed by atoms with Gasteiger partial charge in [-0.1, -0.05) is 97.1 Å². The molecule has 0 aromatic heterocycles. The molecule has 32 heavy (non-hydrogen) atoms. The maximum absolute atomic E-state index is 13.7. The molecule has 0 aliphatic heterocycles. The maximum atomic E-state index is 13.7. The molecule has 0 bridgehead atoms. The van der Waals surface area contributed by atoms with Crippen LogP contribution in [0, 0.1) is 0 Å². The van der Waals surface area contributed by atoms with E-state index < -0.39 is 12.1 Å². The zero-order chi connectivity index (χ0) is 22.2. The summed E-state index contributed by atoms with van der Waals surface area (Å²) in [5, 5.41) is 6.63. The third kappa shape index (κ3) is 5.10. The van der Waals surface area contributed by atoms with Gasteiger partial charge in [-0.3, -0.25) is 9.59 Å². The van der Waals surface area contributed by atoms with Crippen molar-refractivity contribution in [2.45, 2.75) is 12.1 Å². The van der Waals surface area contributed by atoms with Crippen LogP contribution in [0.5, 0.6) is 0 Å². The van der Waals surface area contributed by atoms with Gasteiger partial charge in [-0.25, -0.2) is 0 Å². The Morgan fingerprint density at radius 2 is 0.719 bits per heavy atom. The van der Waals surface area contributed by atoms with Crippen molar-refractivity contribution >= 4 is 22.9 Å². The third-order valence-corrected chi connectivity index (χ3v) is 5.21. The van der Waals surface area contributed by atoms with Crippen molar-refractivity contribution in [1.29, 1.82) is 0 Å². The molecule has 4 nitrogen and oxygen atoms in total. The summed E-state index contributed by atoms with van der Waals surface area (Å²) in [6.07, 6.45) is 0. The average molecular weight is 421 g/mol. The first-order chi connectivity index (χ1) is 15.7. The molecule has 4 rings (SSSR count). The summed E-state index contributed by atoms with van der Waals surface area (Å²) in [5.41, 5.74) is 2.62. The van der Waals surface area contributed by atoms with Gasteiger partial charge >= 0.3 is 0 Å². The maximum Gasteiger partial charge on any atom is 0.187 e. The number of anilines is 2. The van der Waals surface area contributed by atoms with Gasteiger partial charge in [-0.15, -0.1) is 0 Å². The average Bonchev–Trinajstić information content (AvgIpc) is 2.87. The van der Waals surface area contributed by atoms with Crippen molar-refractivity contribution in [3.05, 3.63) is 132 Å². The highest BCUT2D eigenvalue weighted by Gasteiger charge is 2.35. The minimum Gasteiger partial charge on any atom is -0.373 e. The normalized spacial score (nSPS) is 12.4. The monoisotopic (exact) mass is 420 g/mol. The smallest absolute Gasteiger partial charge is 0.187 e. The molecule has 0 saturated carbocycles. The number of nitrogens with one attached hydrogen (secondary N) is 2. The van der Waals surface area contributed by atoms with E-state index in [9.17, 15) is 9.59 Å². The van der Waals surface area contributed by atoms with E-state index in [4.69, 9.17) is 0 Å². The number of benzene rings is 4. The van der Waals surface area contributed by atoms with Crippen LogP contribution in [0.2, 0.25) is 0 Å². The summed E-state index contributed by atoms with van der Waals surface area (Å²) in [4.78, 5) is 27.3. The number of carbonyl (C=O) groups is 2. The Bertz CT molecular complexity index is 1050. The number of hydrogen-bond donors (Lipinski definition) is 2. The number of Topliss-reactive ketones (excluding diaryl/α,β-unsaturated/α-hetero) is 2. The van der Waals surface area contributed by atoms with Crippen LogP contribution < -0.4 is 10.6 Å². The Balaban J connectivity index is 1.77. The Morgan fingerprint density at radius 3 is 1.03 bits per heavy atom. The van der Waals surface area contributed by atoms with Gasteiger partial charge < -0.3 is 10.6 Å². The molecule has 2 unspecified atom stereocenters. The first kappa shape index (κ1) is 21.1. The van der Waals surface area contributed by atoms with Crippen molar-refractivity contribution in [2.24, 2.45) is 0 Å². The van der Waals surface area contributed by atoms with Gasteiger partial charge in [0, 0.05) is 22.5 Å². The lowest BCUT2D eigenvalue weighted by Gasteiger charge is -2.29. The topological polar surface area (TPSA) is 58.2 Å². The van der Waals surface area contributed by atoms with Gasteiger partial charge in [0.2, 0.25) is 0 Å². The zero-order valence-electron chi connectivity index (χ0n) is 17.5. The molecule has 0 heterocycles. The first-order valence-corrected chi connectivity index (χ1v) is 10.5. The molecule has 0 aliphatic rings. The lowest BCUT2D eigenvalue weighted by Crippen LogP contribution is -2.49. The molecule has 4 heteroatoms. The predicted molar refractivity (Wildman–Crippen MR) is 129 cm³/mol. The van der Waals surface area contributed by atoms with Crippen molar-refractivity contribution < 1.29 is 9.59 Å². The summed E-state index contributed by atoms with van der Waals surface area (Å²) < 4.78 is 0. The fourth-order valence-electron chi connectivity index (χ4n) is 3.59. The lowest BCUT2D eigenvalue weighted by molar-refractivity contribution is 0.0890. The van der Waals surface area contributed by atoms with E-state index >= 15 is 0 Å². The molecule has 0 aliphatic carbocycles. The number of carbonyl (C=O) groups excluding carboxylic acids is 2. The van der Waals surface area contributed by atoms with Crippen molar-refractivity contribution in [3.8, 4) is 0 Å². The molecule has 158 valence electrons. The highest BCUT2D eigenvalue weighted by atomic mass is 16.1. The Labute approximate surface area is 187 Å². The van der Waals surface area contributed by atoms with E-state index in [2.05, 4.69) is 10.6 Å². The number of rotatable bonds is 9. The standard InChI is InChI=1S/C28H24N2O2/c31-27(21-13-5-1-6-14-21)25(29-23-17-9-3-10-18-23)26(30-24-19-11-4-12-20-24)28(32)22-15-7-2-8-16-22/h1-20,25-26,29-30H. The highest BCUT2D eigenvalue weighted by Crippen LogP contribution is 2.20. The van der Waals surface area contributed by atoms with Gasteiger partial charge in [-0.05, 0) is 24.3 Å². The van der Waals surface area contributed by atoms with Crippen LogP contribution in [0.3, 0.4) is 0 Å². The van der Waals surface area contributed by atoms with Crippen molar-refractivity contribution in [1.82, 2.24) is 0 Å². The Hall–Kier alpha value is -4.18. The van der Waals surface area contributed by atoms with E-state index in [0.29, 0.717) is 11.1 Å². The molecule has 0 radical (unpaired) electrons. The molecule has 2 atom stereocenters. The molecular weight excluding hydrogens is 396 g/mol. The highest BCUT2D eigenvalue weighted by molar-refractivity contribution is 6.10. The molecule has 4 aromatic carbocycles. The zero-order valence-corrected chi connectivity index (χ0v) is 17.5. The third-order valence-electron chi connectivity index (χ3n) is 5.21. The molecule has 0 spiro atoms. The fourth-order valence-corrected chi connectivity index (χ4v) is 3.59. The number of ketones is 2. The largest absolute Gasteiger partial charge is 0.373 e. The van der Waals surface area contributed by atoms with E-state index in [1.165, 1.54) is 0 Å². The molecular formula is C28H24N2O2. The minimum atomic E-state index is -0.826. The van der Waals surface area contributed by atoms with E-state index in [1.807, 2.05) is 97.1 Å². The van der Waals surface area contributed by atoms with Crippen LogP contribution in [0.1, 0.15) is 20.7 Å². The second kappa shape index (κ2) is 10.2. The van der Waals surface area contributed by atoms with E-state index in [1.54, 1.807) is 24.3 Å². The van der Waals surface area contributed by atoms with Gasteiger partial charge in [0.1, 0.15) is 12.1 Å². The quantitative estimate of drug-likeness (QED) is 0.340. The summed E-state index contributed by atoms with van der Waals surface area (Å²) in [6.45, 7) is 0. The van der Waals surface area contributed by atoms with E-state index in [0.717, 1.165) is 11.4 Å². The summed E-state index contributed by atoms with van der Waals surface area (Å²) in [5.74, 6) is -0.320. The Kier molecular flexibility index (Phi) is 6.73. The van der Waals surface area contributed by atoms with Gasteiger partial charge in [0.05, 0.1) is 0 Å². The first-order valence-electron chi connectivity index (χ1n) is 10.5. The van der Waals surface area contributed by atoms with Crippen molar-refractivity contribution in [2.75, 3.05) is 10.6 Å². The van der Waals surface area contributed by atoms with Crippen LogP contribution in [-0.4, -0.2) is 23.7 Å². The van der Waals surface area contributed by atoms with Gasteiger partial charge in [0.25, 0.3) is 0 Å². The summed E-state index contributed by atoms with van der Waals surface area (Å²) in [7, 11) is 0. The predicted octanol–water partition coefficient (Wildman–Crippen LogP) is 5.71. The Morgan fingerprint density at radius 1 is 0.438 bits per heavy atom. The summed E-state index contributed by atoms with van der Waals surface area (Å²) >= 11 is 0. The number of hydrogen-bond acceptors (Lipinski definition) is 4. The second-order valence-corrected chi connectivity index (χ2v) is 7.44. The molecule has 0 fully saturated rings. The second-order valence-electron chi connectivity index (χ2n) is 7.44. The number of para-hydroxylation sites is 2. The van der Waals surface area contributed by atoms with E-state index in [-0.39, 0.29) is 11.6 Å². The minimum absolute atomic E-state index is 0.160. The van der Waals surface area contributed by atoms with Crippen LogP contribution >= 0.6 is 0 Å². The van der Waals surface area contributed by atoms with Crippen LogP contribution in [0.4, 0.5) is 11.4 Å². The van der Waals surface area contributed by atoms with Gasteiger partial charge in [-0.2, -0.15) is 0 Å². The van der Waals surface area contributed by atoms with Crippen LogP contribution in [0.15, 0.2) is 121 Å². The van der Waals surface area contributed by atoms with Gasteiger partial charge in [0.15, 0.2) is 11.6 Å². The lowest BCUT2D eigenvalue weighted by atomic mass is 9.91. The van der Waals surface area contributed by atoms with Crippen LogP contribution in [0.25, 0.3) is 0 Å². The van der Waals surface area contributed by atoms with Crippen molar-refractivity contribution in [3.63, 3.8) is 0 Å². The molecule has 0 saturated heterocycles. The SMILES string of the molecule is O=C(c1ccccc1)C(Nc1ccccc1)C(Nc1ccccc1)C(=O)c1ccccc1.